The molecule has 0 spiro atoms. The molecule has 1 heterocycles. The zero-order valence-corrected chi connectivity index (χ0v) is 17.9. The molecule has 1 unspecified atom stereocenters. The lowest BCUT2D eigenvalue weighted by Crippen LogP contribution is -2.38. The van der Waals surface area contributed by atoms with Crippen molar-refractivity contribution < 1.29 is 17.9 Å². The van der Waals surface area contributed by atoms with Crippen molar-refractivity contribution in [2.24, 2.45) is 0 Å². The summed E-state index contributed by atoms with van der Waals surface area (Å²) in [6, 6.07) is 0. The molecule has 0 aliphatic carbocycles. The fraction of sp³-hybridized carbons (Fsp3) is 1.00. The maximum Gasteiger partial charge on any atom is 0.231 e. The molecule has 1 aliphatic rings. The Morgan fingerprint density at radius 3 is 1.77 bits per heavy atom. The molecule has 1 atom stereocenters. The second-order valence-corrected chi connectivity index (χ2v) is 9.48. The van der Waals surface area contributed by atoms with Gasteiger partial charge in [0, 0.05) is 13.7 Å². The molecule has 26 heavy (non-hydrogen) atoms. The average molecular weight is 392 g/mol. The highest BCUT2D eigenvalue weighted by Crippen LogP contribution is 2.18. The summed E-state index contributed by atoms with van der Waals surface area (Å²) in [5.74, 6) is 0.203. The summed E-state index contributed by atoms with van der Waals surface area (Å²) >= 11 is 0. The molecule has 0 aromatic heterocycles. The Balaban J connectivity index is 1.90. The van der Waals surface area contributed by atoms with Crippen molar-refractivity contribution in [3.63, 3.8) is 0 Å². The van der Waals surface area contributed by atoms with Gasteiger partial charge in [0.1, 0.15) is 0 Å². The molecule has 0 amide bonds. The van der Waals surface area contributed by atoms with Crippen molar-refractivity contribution in [3.05, 3.63) is 0 Å². The van der Waals surface area contributed by atoms with E-state index in [1.807, 2.05) is 0 Å². The molecule has 0 radical (unpaired) electrons. The van der Waals surface area contributed by atoms with Crippen LogP contribution in [0.4, 0.5) is 0 Å². The van der Waals surface area contributed by atoms with E-state index < -0.39 is 16.4 Å². The lowest BCUT2D eigenvalue weighted by molar-refractivity contribution is -0.131. The predicted molar refractivity (Wildman–Crippen MR) is 108 cm³/mol. The molecule has 0 aromatic rings. The number of hydrogen-bond donors (Lipinski definition) is 0. The van der Waals surface area contributed by atoms with E-state index in [2.05, 4.69) is 6.92 Å². The Morgan fingerprint density at radius 2 is 1.31 bits per heavy atom. The number of nitrogens with zero attached hydrogens (tertiary/aromatic N) is 1. The van der Waals surface area contributed by atoms with E-state index in [4.69, 9.17) is 9.47 Å². The molecule has 6 heteroatoms. The molecular weight excluding hydrogens is 350 g/mol. The van der Waals surface area contributed by atoms with E-state index in [1.54, 1.807) is 0 Å². The molecular formula is C20H41NO4S. The van der Waals surface area contributed by atoms with Crippen LogP contribution in [0.5, 0.6) is 0 Å². The van der Waals surface area contributed by atoms with Crippen LogP contribution in [0.15, 0.2) is 0 Å². The standard InChI is InChI=1S/C20H41NO4S/c1-3-4-5-6-7-8-9-10-11-12-13-14-15-16-19-26(22,23)21-17-18-25-20(21)24-2/h20H,3-19H2,1-2H3. The Hall–Kier alpha value is -0.170. The molecule has 5 nitrogen and oxygen atoms in total. The van der Waals surface area contributed by atoms with E-state index in [1.165, 1.54) is 82.0 Å². The van der Waals surface area contributed by atoms with Gasteiger partial charge in [0.15, 0.2) is 0 Å². The second-order valence-electron chi connectivity index (χ2n) is 7.44. The van der Waals surface area contributed by atoms with Crippen LogP contribution in [0.25, 0.3) is 0 Å². The molecule has 1 aliphatic heterocycles. The van der Waals surface area contributed by atoms with E-state index in [-0.39, 0.29) is 5.75 Å². The summed E-state index contributed by atoms with van der Waals surface area (Å²) in [6.45, 7) is 3.08. The summed E-state index contributed by atoms with van der Waals surface area (Å²) in [5, 5.41) is 0. The Morgan fingerprint density at radius 1 is 0.846 bits per heavy atom. The number of rotatable bonds is 17. The van der Waals surface area contributed by atoms with Crippen molar-refractivity contribution in [2.45, 2.75) is 103 Å². The highest BCUT2D eigenvalue weighted by molar-refractivity contribution is 7.89. The van der Waals surface area contributed by atoms with Crippen LogP contribution in [-0.4, -0.2) is 45.2 Å². The highest BCUT2D eigenvalue weighted by atomic mass is 32.2. The third-order valence-corrected chi connectivity index (χ3v) is 7.00. The monoisotopic (exact) mass is 391 g/mol. The summed E-state index contributed by atoms with van der Waals surface area (Å²) < 4.78 is 36.2. The van der Waals surface area contributed by atoms with Gasteiger partial charge in [-0.15, -0.1) is 4.31 Å². The van der Waals surface area contributed by atoms with Crippen molar-refractivity contribution in [1.29, 1.82) is 0 Å². The number of sulfonamides is 1. The first-order chi connectivity index (χ1) is 12.6. The molecule has 1 fully saturated rings. The third-order valence-electron chi connectivity index (χ3n) is 5.12. The van der Waals surface area contributed by atoms with Crippen molar-refractivity contribution in [1.82, 2.24) is 4.31 Å². The normalized spacial score (nSPS) is 18.6. The number of hydrogen-bond acceptors (Lipinski definition) is 4. The maximum absolute atomic E-state index is 12.3. The van der Waals surface area contributed by atoms with Crippen molar-refractivity contribution >= 4 is 10.0 Å². The topological polar surface area (TPSA) is 55.8 Å². The van der Waals surface area contributed by atoms with Gasteiger partial charge in [-0.3, -0.25) is 0 Å². The lowest BCUT2D eigenvalue weighted by atomic mass is 10.0. The highest BCUT2D eigenvalue weighted by Gasteiger charge is 2.34. The minimum absolute atomic E-state index is 0.203. The smallest absolute Gasteiger partial charge is 0.231 e. The minimum Gasteiger partial charge on any atom is -0.342 e. The van der Waals surface area contributed by atoms with E-state index >= 15 is 0 Å². The Bertz CT molecular complexity index is 428. The van der Waals surface area contributed by atoms with Gasteiger partial charge in [0.25, 0.3) is 0 Å². The van der Waals surface area contributed by atoms with E-state index in [0.29, 0.717) is 13.2 Å². The van der Waals surface area contributed by atoms with Crippen molar-refractivity contribution in [2.75, 3.05) is 26.0 Å². The Labute approximate surface area is 161 Å². The van der Waals surface area contributed by atoms with Gasteiger partial charge in [0.05, 0.1) is 12.4 Å². The predicted octanol–water partition coefficient (Wildman–Crippen LogP) is 5.06. The summed E-state index contributed by atoms with van der Waals surface area (Å²) in [7, 11) is -1.78. The summed E-state index contributed by atoms with van der Waals surface area (Å²) in [5.41, 5.74) is 0. The van der Waals surface area contributed by atoms with Gasteiger partial charge >= 0.3 is 0 Å². The first-order valence-corrected chi connectivity index (χ1v) is 12.4. The van der Waals surface area contributed by atoms with Crippen LogP contribution in [0.2, 0.25) is 0 Å². The van der Waals surface area contributed by atoms with Crippen LogP contribution < -0.4 is 0 Å². The van der Waals surface area contributed by atoms with Crippen LogP contribution in [0.3, 0.4) is 0 Å². The lowest BCUT2D eigenvalue weighted by Gasteiger charge is -2.20. The van der Waals surface area contributed by atoms with Crippen LogP contribution >= 0.6 is 0 Å². The minimum atomic E-state index is -3.25. The van der Waals surface area contributed by atoms with Gasteiger partial charge in [-0.05, 0) is 6.42 Å². The summed E-state index contributed by atoms with van der Waals surface area (Å²) in [4.78, 5) is 0. The molecule has 1 rings (SSSR count). The van der Waals surface area contributed by atoms with Gasteiger partial charge in [-0.25, -0.2) is 8.42 Å². The van der Waals surface area contributed by atoms with Gasteiger partial charge in [0.2, 0.25) is 16.4 Å². The van der Waals surface area contributed by atoms with Crippen LogP contribution in [0.1, 0.15) is 96.8 Å². The average Bonchev–Trinajstić information content (AvgIpc) is 3.12. The SMILES string of the molecule is CCCCCCCCCCCCCCCCS(=O)(=O)N1CCOC1OC. The summed E-state index contributed by atoms with van der Waals surface area (Å²) in [6.07, 6.45) is 17.0. The van der Waals surface area contributed by atoms with Crippen LogP contribution in [-0.2, 0) is 19.5 Å². The van der Waals surface area contributed by atoms with Gasteiger partial charge in [-0.2, -0.15) is 0 Å². The maximum atomic E-state index is 12.3. The molecule has 0 bridgehead atoms. The fourth-order valence-electron chi connectivity index (χ4n) is 3.48. The number of ether oxygens (including phenoxy) is 2. The zero-order valence-electron chi connectivity index (χ0n) is 17.1. The third kappa shape index (κ3) is 10.2. The van der Waals surface area contributed by atoms with Crippen molar-refractivity contribution in [3.8, 4) is 0 Å². The molecule has 0 saturated carbocycles. The zero-order chi connectivity index (χ0) is 19.1. The van der Waals surface area contributed by atoms with Gasteiger partial charge < -0.3 is 9.47 Å². The van der Waals surface area contributed by atoms with E-state index in [0.717, 1.165) is 19.3 Å². The molecule has 0 N–H and O–H groups in total. The first kappa shape index (κ1) is 23.9. The quantitative estimate of drug-likeness (QED) is 0.325. The molecule has 0 aromatic carbocycles. The van der Waals surface area contributed by atoms with Gasteiger partial charge in [-0.1, -0.05) is 90.4 Å². The molecule has 1 saturated heterocycles. The fourth-order valence-corrected chi connectivity index (χ4v) is 5.05. The molecule has 156 valence electrons. The van der Waals surface area contributed by atoms with E-state index in [9.17, 15) is 8.42 Å². The second kappa shape index (κ2) is 14.8. The largest absolute Gasteiger partial charge is 0.342 e. The number of methoxy groups -OCH3 is 1. The Kier molecular flexibility index (Phi) is 13.6. The first-order valence-electron chi connectivity index (χ1n) is 10.8. The van der Waals surface area contributed by atoms with Crippen LogP contribution in [0, 0.1) is 0 Å². The number of unbranched alkanes of at least 4 members (excludes halogenated alkanes) is 13.